The molecule has 1 saturated heterocycles. The Morgan fingerprint density at radius 2 is 1.86 bits per heavy atom. The van der Waals surface area contributed by atoms with E-state index in [2.05, 4.69) is 0 Å². The van der Waals surface area contributed by atoms with E-state index in [-0.39, 0.29) is 10.8 Å². The minimum Gasteiger partial charge on any atom is -0.399 e. The third-order valence-corrected chi connectivity index (χ3v) is 6.19. The minimum atomic E-state index is -3.71. The monoisotopic (exact) mass is 310 g/mol. The number of nitrogen functional groups attached to an aromatic ring is 1. The molecule has 1 heterocycles. The number of hydrogen-bond donors (Lipinski definition) is 1. The Balaban J connectivity index is 2.29. The Hall–Kier alpha value is -1.56. The van der Waals surface area contributed by atoms with Gasteiger partial charge in [-0.05, 0) is 50.8 Å². The predicted octanol–water partition coefficient (Wildman–Crippen LogP) is 1.75. The third kappa shape index (κ3) is 3.20. The molecular weight excluding hydrogens is 288 g/mol. The van der Waals surface area contributed by atoms with Crippen LogP contribution in [0.3, 0.4) is 0 Å². The lowest BCUT2D eigenvalue weighted by atomic mass is 10.1. The van der Waals surface area contributed by atoms with Crippen molar-refractivity contribution in [1.82, 2.24) is 4.90 Å². The zero-order valence-electron chi connectivity index (χ0n) is 12.5. The number of sulfone groups is 1. The molecule has 21 heavy (non-hydrogen) atoms. The van der Waals surface area contributed by atoms with E-state index in [4.69, 9.17) is 5.73 Å². The van der Waals surface area contributed by atoms with E-state index < -0.39 is 15.1 Å². The smallest absolute Gasteiger partial charge is 0.241 e. The van der Waals surface area contributed by atoms with Gasteiger partial charge in [-0.15, -0.1) is 0 Å². The molecule has 6 heteroatoms. The first kappa shape index (κ1) is 15.8. The molecule has 5 nitrogen and oxygen atoms in total. The van der Waals surface area contributed by atoms with Gasteiger partial charge in [0.2, 0.25) is 5.91 Å². The van der Waals surface area contributed by atoms with E-state index in [1.165, 1.54) is 13.0 Å². The number of rotatable bonds is 3. The summed E-state index contributed by atoms with van der Waals surface area (Å²) in [5, 5.41) is -1.07. The maximum atomic E-state index is 12.7. The Bertz CT molecular complexity index is 634. The van der Waals surface area contributed by atoms with Crippen LogP contribution >= 0.6 is 0 Å². The van der Waals surface area contributed by atoms with E-state index in [0.29, 0.717) is 24.3 Å². The van der Waals surface area contributed by atoms with E-state index >= 15 is 0 Å². The van der Waals surface area contributed by atoms with Crippen LogP contribution in [0, 0.1) is 6.92 Å². The summed E-state index contributed by atoms with van der Waals surface area (Å²) in [6.07, 6.45) is 2.98. The fourth-order valence-electron chi connectivity index (χ4n) is 2.62. The van der Waals surface area contributed by atoms with Crippen LogP contribution in [-0.4, -0.2) is 37.6 Å². The number of carbonyl (C=O) groups is 1. The van der Waals surface area contributed by atoms with Crippen molar-refractivity contribution in [3.63, 3.8) is 0 Å². The Morgan fingerprint density at radius 1 is 1.24 bits per heavy atom. The molecule has 116 valence electrons. The highest BCUT2D eigenvalue weighted by Crippen LogP contribution is 2.24. The number of hydrogen-bond acceptors (Lipinski definition) is 4. The molecule has 0 aromatic heterocycles. The normalized spacial score (nSPS) is 17.5. The average molecular weight is 310 g/mol. The quantitative estimate of drug-likeness (QED) is 0.863. The first-order valence-electron chi connectivity index (χ1n) is 7.23. The molecule has 1 aromatic rings. The van der Waals surface area contributed by atoms with Crippen LogP contribution in [0.1, 0.15) is 31.7 Å². The lowest BCUT2D eigenvalue weighted by Gasteiger charge is -2.29. The van der Waals surface area contributed by atoms with Crippen molar-refractivity contribution in [3.05, 3.63) is 23.8 Å². The summed E-state index contributed by atoms with van der Waals surface area (Å²) in [5.41, 5.74) is 6.68. The van der Waals surface area contributed by atoms with E-state index in [1.54, 1.807) is 24.0 Å². The largest absolute Gasteiger partial charge is 0.399 e. The number of nitrogens with two attached hydrogens (primary N) is 1. The lowest BCUT2D eigenvalue weighted by molar-refractivity contribution is -0.131. The second-order valence-electron chi connectivity index (χ2n) is 5.60. The van der Waals surface area contributed by atoms with Gasteiger partial charge in [0.25, 0.3) is 0 Å². The highest BCUT2D eigenvalue weighted by Gasteiger charge is 2.34. The standard InChI is InChI=1S/C15H22N2O3S/c1-11-6-7-13(16)10-14(11)21(19,20)12(2)15(18)17-8-4-3-5-9-17/h6-7,10,12H,3-5,8-9,16H2,1-2H3. The highest BCUT2D eigenvalue weighted by molar-refractivity contribution is 7.92. The molecular formula is C15H22N2O3S. The average Bonchev–Trinajstić information content (AvgIpc) is 2.49. The molecule has 1 fully saturated rings. The molecule has 1 aromatic carbocycles. The maximum Gasteiger partial charge on any atom is 0.241 e. The van der Waals surface area contributed by atoms with Gasteiger partial charge in [-0.3, -0.25) is 4.79 Å². The molecule has 0 bridgehead atoms. The number of benzene rings is 1. The fourth-order valence-corrected chi connectivity index (χ4v) is 4.23. The van der Waals surface area contributed by atoms with Crippen LogP contribution in [0.5, 0.6) is 0 Å². The van der Waals surface area contributed by atoms with Crippen molar-refractivity contribution in [2.45, 2.75) is 43.3 Å². The molecule has 2 rings (SSSR count). The van der Waals surface area contributed by atoms with Gasteiger partial charge >= 0.3 is 0 Å². The van der Waals surface area contributed by atoms with Crippen LogP contribution < -0.4 is 5.73 Å². The van der Waals surface area contributed by atoms with Crippen molar-refractivity contribution in [2.24, 2.45) is 0 Å². The van der Waals surface area contributed by atoms with Gasteiger partial charge in [-0.2, -0.15) is 0 Å². The summed E-state index contributed by atoms with van der Waals surface area (Å²) in [6, 6.07) is 4.76. The van der Waals surface area contributed by atoms with Crippen LogP contribution in [0.2, 0.25) is 0 Å². The molecule has 0 saturated carbocycles. The van der Waals surface area contributed by atoms with Gasteiger partial charge in [0, 0.05) is 18.8 Å². The lowest BCUT2D eigenvalue weighted by Crippen LogP contribution is -2.44. The van der Waals surface area contributed by atoms with Crippen LogP contribution in [0.15, 0.2) is 23.1 Å². The minimum absolute atomic E-state index is 0.153. The molecule has 1 aliphatic rings. The summed E-state index contributed by atoms with van der Waals surface area (Å²) in [6.45, 7) is 4.47. The van der Waals surface area contributed by atoms with Gasteiger partial charge in [0.1, 0.15) is 5.25 Å². The Morgan fingerprint density at radius 3 is 2.48 bits per heavy atom. The van der Waals surface area contributed by atoms with Crippen molar-refractivity contribution in [2.75, 3.05) is 18.8 Å². The van der Waals surface area contributed by atoms with Crippen LogP contribution in [-0.2, 0) is 14.6 Å². The summed E-state index contributed by atoms with van der Waals surface area (Å²) < 4.78 is 25.4. The Kier molecular flexibility index (Phi) is 4.56. The third-order valence-electron chi connectivity index (χ3n) is 4.00. The number of piperidine rings is 1. The SMILES string of the molecule is Cc1ccc(N)cc1S(=O)(=O)C(C)C(=O)N1CCCCC1. The fraction of sp³-hybridized carbons (Fsp3) is 0.533. The molecule has 1 amide bonds. The van der Waals surface area contributed by atoms with Crippen LogP contribution in [0.25, 0.3) is 0 Å². The number of nitrogens with zero attached hydrogens (tertiary/aromatic N) is 1. The van der Waals surface area contributed by atoms with Gasteiger partial charge in [-0.1, -0.05) is 6.07 Å². The molecule has 1 aliphatic heterocycles. The number of amides is 1. The molecule has 0 spiro atoms. The molecule has 0 radical (unpaired) electrons. The van der Waals surface area contributed by atoms with E-state index in [1.807, 2.05) is 0 Å². The van der Waals surface area contributed by atoms with Crippen molar-refractivity contribution in [3.8, 4) is 0 Å². The second-order valence-corrected chi connectivity index (χ2v) is 7.84. The second kappa shape index (κ2) is 6.05. The predicted molar refractivity (Wildman–Crippen MR) is 82.7 cm³/mol. The summed E-state index contributed by atoms with van der Waals surface area (Å²) >= 11 is 0. The van der Waals surface area contributed by atoms with Crippen molar-refractivity contribution >= 4 is 21.4 Å². The van der Waals surface area contributed by atoms with E-state index in [9.17, 15) is 13.2 Å². The summed E-state index contributed by atoms with van der Waals surface area (Å²) in [5.74, 6) is -0.309. The number of likely N-dealkylation sites (tertiary alicyclic amines) is 1. The number of anilines is 1. The number of carbonyl (C=O) groups excluding carboxylic acids is 1. The van der Waals surface area contributed by atoms with Gasteiger partial charge in [0.15, 0.2) is 9.84 Å². The Labute approximate surface area is 126 Å². The highest BCUT2D eigenvalue weighted by atomic mass is 32.2. The van der Waals surface area contributed by atoms with Gasteiger partial charge in [-0.25, -0.2) is 8.42 Å². The van der Waals surface area contributed by atoms with Gasteiger partial charge in [0.05, 0.1) is 4.90 Å². The van der Waals surface area contributed by atoms with Crippen molar-refractivity contribution < 1.29 is 13.2 Å². The maximum absolute atomic E-state index is 12.7. The topological polar surface area (TPSA) is 80.5 Å². The zero-order valence-corrected chi connectivity index (χ0v) is 13.3. The molecule has 1 atom stereocenters. The van der Waals surface area contributed by atoms with Crippen molar-refractivity contribution in [1.29, 1.82) is 0 Å². The van der Waals surface area contributed by atoms with Crippen LogP contribution in [0.4, 0.5) is 5.69 Å². The zero-order chi connectivity index (χ0) is 15.6. The van der Waals surface area contributed by atoms with E-state index in [0.717, 1.165) is 19.3 Å². The molecule has 1 unspecified atom stereocenters. The first-order chi connectivity index (χ1) is 9.84. The molecule has 0 aliphatic carbocycles. The van der Waals surface area contributed by atoms with Gasteiger partial charge < -0.3 is 10.6 Å². The summed E-state index contributed by atoms with van der Waals surface area (Å²) in [7, 11) is -3.71. The first-order valence-corrected chi connectivity index (χ1v) is 8.77. The molecule has 2 N–H and O–H groups in total. The number of aryl methyl sites for hydroxylation is 1. The summed E-state index contributed by atoms with van der Waals surface area (Å²) in [4.78, 5) is 14.2.